The molecule has 2 rings (SSSR count). The summed E-state index contributed by atoms with van der Waals surface area (Å²) in [5, 5.41) is 3.38. The molecule has 0 spiro atoms. The lowest BCUT2D eigenvalue weighted by Crippen LogP contribution is -2.32. The van der Waals surface area contributed by atoms with Crippen LogP contribution >= 0.6 is 0 Å². The summed E-state index contributed by atoms with van der Waals surface area (Å²) >= 11 is 0. The molecular weight excluding hydrogens is 208 g/mol. The van der Waals surface area contributed by atoms with Crippen molar-refractivity contribution in [3.63, 3.8) is 0 Å². The molecule has 2 atom stereocenters. The lowest BCUT2D eigenvalue weighted by molar-refractivity contribution is 0.281. The maximum absolute atomic E-state index is 3.38. The molecule has 1 N–H and O–H groups in total. The lowest BCUT2D eigenvalue weighted by Gasteiger charge is -2.20. The molecule has 1 aliphatic heterocycles. The molecular formula is C15H24N2. The van der Waals surface area contributed by atoms with Crippen molar-refractivity contribution >= 4 is 0 Å². The Morgan fingerprint density at radius 3 is 2.76 bits per heavy atom. The van der Waals surface area contributed by atoms with Crippen LogP contribution in [0.3, 0.4) is 0 Å². The summed E-state index contributed by atoms with van der Waals surface area (Å²) in [7, 11) is 2.07. The Hall–Kier alpha value is -0.860. The van der Waals surface area contributed by atoms with Gasteiger partial charge in [-0.1, -0.05) is 37.3 Å². The van der Waals surface area contributed by atoms with Crippen LogP contribution in [-0.4, -0.2) is 37.6 Å². The van der Waals surface area contributed by atoms with E-state index in [4.69, 9.17) is 0 Å². The average molecular weight is 232 g/mol. The SMILES string of the molecule is CN[C@H]1CCN(C[C@@H](C)Cc2ccccc2)C1. The molecule has 2 heteroatoms. The van der Waals surface area contributed by atoms with Crippen LogP contribution < -0.4 is 5.32 Å². The van der Waals surface area contributed by atoms with Crippen LogP contribution in [0.15, 0.2) is 30.3 Å². The van der Waals surface area contributed by atoms with Crippen molar-refractivity contribution in [2.45, 2.75) is 25.8 Å². The maximum atomic E-state index is 3.38. The van der Waals surface area contributed by atoms with E-state index < -0.39 is 0 Å². The Balaban J connectivity index is 1.76. The highest BCUT2D eigenvalue weighted by atomic mass is 15.2. The van der Waals surface area contributed by atoms with E-state index in [0.717, 1.165) is 5.92 Å². The molecule has 0 aromatic heterocycles. The smallest absolute Gasteiger partial charge is 0.0204 e. The number of nitrogens with zero attached hydrogens (tertiary/aromatic N) is 1. The van der Waals surface area contributed by atoms with Gasteiger partial charge in [-0.25, -0.2) is 0 Å². The Kier molecular flexibility index (Phi) is 4.57. The molecule has 2 nitrogen and oxygen atoms in total. The zero-order valence-electron chi connectivity index (χ0n) is 11.0. The van der Waals surface area contributed by atoms with Gasteiger partial charge in [-0.2, -0.15) is 0 Å². The van der Waals surface area contributed by atoms with E-state index in [0.29, 0.717) is 6.04 Å². The Morgan fingerprint density at radius 2 is 2.12 bits per heavy atom. The highest BCUT2D eigenvalue weighted by molar-refractivity contribution is 5.15. The molecule has 1 aromatic rings. The highest BCUT2D eigenvalue weighted by Gasteiger charge is 2.21. The molecule has 1 saturated heterocycles. The second-order valence-corrected chi connectivity index (χ2v) is 5.33. The first-order chi connectivity index (χ1) is 8.28. The van der Waals surface area contributed by atoms with Gasteiger partial charge in [-0.15, -0.1) is 0 Å². The largest absolute Gasteiger partial charge is 0.316 e. The molecule has 0 amide bonds. The third kappa shape index (κ3) is 3.83. The van der Waals surface area contributed by atoms with E-state index in [1.807, 2.05) is 0 Å². The minimum Gasteiger partial charge on any atom is -0.316 e. The molecule has 0 radical (unpaired) electrons. The normalized spacial score (nSPS) is 22.8. The van der Waals surface area contributed by atoms with Crippen LogP contribution in [0.4, 0.5) is 0 Å². The topological polar surface area (TPSA) is 15.3 Å². The number of rotatable bonds is 5. The predicted molar refractivity (Wildman–Crippen MR) is 73.2 cm³/mol. The van der Waals surface area contributed by atoms with E-state index in [1.54, 1.807) is 0 Å². The third-order valence-corrected chi connectivity index (χ3v) is 3.68. The first-order valence-electron chi connectivity index (χ1n) is 6.71. The Labute approximate surface area is 105 Å². The van der Waals surface area contributed by atoms with E-state index in [-0.39, 0.29) is 0 Å². The van der Waals surface area contributed by atoms with Gasteiger partial charge >= 0.3 is 0 Å². The van der Waals surface area contributed by atoms with Gasteiger partial charge in [0.1, 0.15) is 0 Å². The summed E-state index contributed by atoms with van der Waals surface area (Å²) < 4.78 is 0. The first kappa shape index (κ1) is 12.6. The number of likely N-dealkylation sites (tertiary alicyclic amines) is 1. The van der Waals surface area contributed by atoms with E-state index in [2.05, 4.69) is 54.5 Å². The average Bonchev–Trinajstić information content (AvgIpc) is 2.78. The van der Waals surface area contributed by atoms with Crippen molar-refractivity contribution < 1.29 is 0 Å². The van der Waals surface area contributed by atoms with Crippen molar-refractivity contribution in [2.24, 2.45) is 5.92 Å². The van der Waals surface area contributed by atoms with Crippen LogP contribution in [0.1, 0.15) is 18.9 Å². The van der Waals surface area contributed by atoms with Gasteiger partial charge in [0.15, 0.2) is 0 Å². The molecule has 94 valence electrons. The van der Waals surface area contributed by atoms with Crippen molar-refractivity contribution in [1.29, 1.82) is 0 Å². The fraction of sp³-hybridized carbons (Fsp3) is 0.600. The van der Waals surface area contributed by atoms with Gasteiger partial charge in [0.2, 0.25) is 0 Å². The van der Waals surface area contributed by atoms with Gasteiger partial charge < -0.3 is 10.2 Å². The standard InChI is InChI=1S/C15H24N2/c1-13(10-14-6-4-3-5-7-14)11-17-9-8-15(12-17)16-2/h3-7,13,15-16H,8-12H2,1-2H3/t13-,15-/m0/s1. The van der Waals surface area contributed by atoms with Crippen molar-refractivity contribution in [2.75, 3.05) is 26.7 Å². The van der Waals surface area contributed by atoms with E-state index in [1.165, 1.54) is 38.0 Å². The quantitative estimate of drug-likeness (QED) is 0.837. The minimum atomic E-state index is 0.707. The first-order valence-corrected chi connectivity index (χ1v) is 6.71. The zero-order chi connectivity index (χ0) is 12.1. The molecule has 17 heavy (non-hydrogen) atoms. The Morgan fingerprint density at radius 1 is 1.35 bits per heavy atom. The predicted octanol–water partition coefficient (Wildman–Crippen LogP) is 2.16. The van der Waals surface area contributed by atoms with Crippen LogP contribution in [0, 0.1) is 5.92 Å². The maximum Gasteiger partial charge on any atom is 0.0204 e. The summed E-state index contributed by atoms with van der Waals surface area (Å²) in [6.07, 6.45) is 2.50. The minimum absolute atomic E-state index is 0.707. The van der Waals surface area contributed by atoms with Crippen LogP contribution in [0.25, 0.3) is 0 Å². The second kappa shape index (κ2) is 6.18. The fourth-order valence-corrected chi connectivity index (χ4v) is 2.76. The molecule has 1 heterocycles. The molecule has 0 bridgehead atoms. The number of nitrogens with one attached hydrogen (secondary N) is 1. The molecule has 1 aliphatic rings. The van der Waals surface area contributed by atoms with E-state index in [9.17, 15) is 0 Å². The van der Waals surface area contributed by atoms with Crippen molar-refractivity contribution in [3.05, 3.63) is 35.9 Å². The van der Waals surface area contributed by atoms with Gasteiger partial charge in [-0.3, -0.25) is 0 Å². The molecule has 1 fully saturated rings. The molecule has 0 aliphatic carbocycles. The van der Waals surface area contributed by atoms with Crippen LogP contribution in [0.5, 0.6) is 0 Å². The van der Waals surface area contributed by atoms with Crippen molar-refractivity contribution in [1.82, 2.24) is 10.2 Å². The second-order valence-electron chi connectivity index (χ2n) is 5.33. The summed E-state index contributed by atoms with van der Waals surface area (Å²) in [6.45, 7) is 6.06. The summed E-state index contributed by atoms with van der Waals surface area (Å²) in [6, 6.07) is 11.5. The summed E-state index contributed by atoms with van der Waals surface area (Å²) in [5.41, 5.74) is 1.46. The highest BCUT2D eigenvalue weighted by Crippen LogP contribution is 2.14. The Bertz CT molecular complexity index is 323. The molecule has 0 unspecified atom stereocenters. The van der Waals surface area contributed by atoms with Gasteiger partial charge in [0.25, 0.3) is 0 Å². The van der Waals surface area contributed by atoms with Crippen LogP contribution in [-0.2, 0) is 6.42 Å². The van der Waals surface area contributed by atoms with Gasteiger partial charge in [-0.05, 0) is 37.9 Å². The third-order valence-electron chi connectivity index (χ3n) is 3.68. The molecule has 0 saturated carbocycles. The molecule has 1 aromatic carbocycles. The summed E-state index contributed by atoms with van der Waals surface area (Å²) in [5.74, 6) is 0.744. The van der Waals surface area contributed by atoms with Crippen molar-refractivity contribution in [3.8, 4) is 0 Å². The number of hydrogen-bond donors (Lipinski definition) is 1. The zero-order valence-corrected chi connectivity index (χ0v) is 11.0. The van der Waals surface area contributed by atoms with Gasteiger partial charge in [0.05, 0.1) is 0 Å². The monoisotopic (exact) mass is 232 g/mol. The van der Waals surface area contributed by atoms with Crippen LogP contribution in [0.2, 0.25) is 0 Å². The number of hydrogen-bond acceptors (Lipinski definition) is 2. The van der Waals surface area contributed by atoms with Gasteiger partial charge in [0, 0.05) is 19.1 Å². The fourth-order valence-electron chi connectivity index (χ4n) is 2.76. The van der Waals surface area contributed by atoms with E-state index >= 15 is 0 Å². The summed E-state index contributed by atoms with van der Waals surface area (Å²) in [4.78, 5) is 2.59. The lowest BCUT2D eigenvalue weighted by atomic mass is 10.0. The number of benzene rings is 1. The number of likely N-dealkylation sites (N-methyl/N-ethyl adjacent to an activating group) is 1.